The summed E-state index contributed by atoms with van der Waals surface area (Å²) in [6.45, 7) is 1.94. The minimum Gasteiger partial charge on any atom is -0.462 e. The second kappa shape index (κ2) is 11.2. The predicted octanol–water partition coefficient (Wildman–Crippen LogP) is 2.37. The number of anilines is 1. The molecule has 0 heterocycles. The molecule has 0 atom stereocenters. The van der Waals surface area contributed by atoms with Crippen molar-refractivity contribution in [3.8, 4) is 0 Å². The highest BCUT2D eigenvalue weighted by atomic mass is 32.2. The monoisotopic (exact) mass is 466 g/mol. The fourth-order valence-electron chi connectivity index (χ4n) is 2.28. The molecule has 2 aromatic rings. The van der Waals surface area contributed by atoms with E-state index in [0.29, 0.717) is 12.2 Å². The number of hydrogen-bond donors (Lipinski definition) is 4. The Hall–Kier alpha value is -3.25. The summed E-state index contributed by atoms with van der Waals surface area (Å²) in [6, 6.07) is 10.3. The van der Waals surface area contributed by atoms with E-state index in [1.807, 2.05) is 11.6 Å². The Bertz CT molecular complexity index is 1040. The maximum absolute atomic E-state index is 12.3. The van der Waals surface area contributed by atoms with Crippen molar-refractivity contribution in [2.45, 2.75) is 18.2 Å². The lowest BCUT2D eigenvalue weighted by molar-refractivity contribution is 0.0506. The van der Waals surface area contributed by atoms with Gasteiger partial charge in [-0.05, 0) is 55.6 Å². The van der Waals surface area contributed by atoms with Crippen molar-refractivity contribution in [2.75, 3.05) is 17.7 Å². The lowest BCUT2D eigenvalue weighted by atomic mass is 10.2. The van der Waals surface area contributed by atoms with Crippen LogP contribution >= 0.6 is 11.9 Å². The number of hydrogen-bond acceptors (Lipinski definition) is 7. The SMILES string of the molecule is Cc1ccc(S(=O)(=O)NC(=O)Nc2cccc(C(=O)OCCCSNC(N)=O)c2)cc1. The van der Waals surface area contributed by atoms with E-state index in [1.165, 1.54) is 36.4 Å². The molecule has 12 heteroatoms. The fraction of sp³-hybridized carbons (Fsp3) is 0.211. The molecule has 0 aromatic heterocycles. The Morgan fingerprint density at radius 2 is 1.81 bits per heavy atom. The number of benzene rings is 2. The number of nitrogens with two attached hydrogens (primary N) is 1. The molecule has 4 amide bonds. The molecule has 31 heavy (non-hydrogen) atoms. The van der Waals surface area contributed by atoms with E-state index in [1.54, 1.807) is 12.1 Å². The van der Waals surface area contributed by atoms with Crippen LogP contribution in [0.25, 0.3) is 0 Å². The molecule has 0 saturated carbocycles. The Kier molecular flexibility index (Phi) is 8.70. The Labute approximate surface area is 184 Å². The number of carbonyl (C=O) groups excluding carboxylic acids is 3. The number of rotatable bonds is 9. The zero-order valence-electron chi connectivity index (χ0n) is 16.6. The summed E-state index contributed by atoms with van der Waals surface area (Å²) in [7, 11) is -4.04. The second-order valence-electron chi connectivity index (χ2n) is 6.26. The maximum Gasteiger partial charge on any atom is 0.338 e. The lowest BCUT2D eigenvalue weighted by Gasteiger charge is -2.10. The van der Waals surface area contributed by atoms with Gasteiger partial charge < -0.3 is 15.8 Å². The molecule has 0 fully saturated rings. The number of amides is 4. The molecule has 2 aromatic carbocycles. The van der Waals surface area contributed by atoms with E-state index >= 15 is 0 Å². The molecular formula is C19H22N4O6S2. The third kappa shape index (κ3) is 8.18. The summed E-state index contributed by atoms with van der Waals surface area (Å²) in [4.78, 5) is 34.7. The van der Waals surface area contributed by atoms with Gasteiger partial charge in [0, 0.05) is 11.4 Å². The molecule has 166 valence electrons. The van der Waals surface area contributed by atoms with Crippen molar-refractivity contribution < 1.29 is 27.5 Å². The second-order valence-corrected chi connectivity index (χ2v) is 8.84. The minimum atomic E-state index is -4.04. The van der Waals surface area contributed by atoms with Crippen molar-refractivity contribution in [3.63, 3.8) is 0 Å². The number of primary amides is 1. The first-order chi connectivity index (χ1) is 14.7. The fourth-order valence-corrected chi connectivity index (χ4v) is 3.69. The molecule has 0 aliphatic heterocycles. The predicted molar refractivity (Wildman–Crippen MR) is 117 cm³/mol. The van der Waals surface area contributed by atoms with Gasteiger partial charge in [-0.2, -0.15) is 0 Å². The highest BCUT2D eigenvalue weighted by Gasteiger charge is 2.18. The first kappa shape index (κ1) is 24.0. The first-order valence-electron chi connectivity index (χ1n) is 9.02. The quantitative estimate of drug-likeness (QED) is 0.251. The number of nitrogens with one attached hydrogen (secondary N) is 3. The molecule has 0 radical (unpaired) electrons. The van der Waals surface area contributed by atoms with Crippen molar-refractivity contribution >= 4 is 45.7 Å². The van der Waals surface area contributed by atoms with Gasteiger partial charge >= 0.3 is 18.0 Å². The molecule has 0 saturated heterocycles. The molecule has 10 nitrogen and oxygen atoms in total. The number of aryl methyl sites for hydroxylation is 1. The number of sulfonamides is 1. The van der Waals surface area contributed by atoms with E-state index in [-0.39, 0.29) is 22.8 Å². The van der Waals surface area contributed by atoms with Crippen LogP contribution in [0.2, 0.25) is 0 Å². The molecular weight excluding hydrogens is 444 g/mol. The highest BCUT2D eigenvalue weighted by Crippen LogP contribution is 2.14. The average molecular weight is 467 g/mol. The number of esters is 1. The van der Waals surface area contributed by atoms with Gasteiger partial charge in [0.25, 0.3) is 10.0 Å². The first-order valence-corrected chi connectivity index (χ1v) is 11.5. The van der Waals surface area contributed by atoms with Crippen LogP contribution < -0.4 is 20.5 Å². The van der Waals surface area contributed by atoms with Gasteiger partial charge in [0.05, 0.1) is 17.1 Å². The standard InChI is InChI=1S/C19H22N4O6S2/c1-13-6-8-16(9-7-13)31(27,28)23-19(26)21-15-5-2-4-14(12-15)17(24)29-10-3-11-30-22-18(20)25/h2,4-9,12H,3,10-11H2,1H3,(H3,20,22,25)(H2,21,23,26). The van der Waals surface area contributed by atoms with Crippen LogP contribution in [0.5, 0.6) is 0 Å². The molecule has 0 unspecified atom stereocenters. The molecule has 0 bridgehead atoms. The zero-order valence-corrected chi connectivity index (χ0v) is 18.2. The van der Waals surface area contributed by atoms with E-state index < -0.39 is 28.1 Å². The van der Waals surface area contributed by atoms with Crippen molar-refractivity contribution in [1.29, 1.82) is 0 Å². The van der Waals surface area contributed by atoms with Crippen LogP contribution in [0, 0.1) is 6.92 Å². The van der Waals surface area contributed by atoms with Crippen LogP contribution in [0.3, 0.4) is 0 Å². The molecule has 0 spiro atoms. The molecule has 2 rings (SSSR count). The number of urea groups is 2. The van der Waals surface area contributed by atoms with Crippen molar-refractivity contribution in [3.05, 3.63) is 59.7 Å². The largest absolute Gasteiger partial charge is 0.462 e. The van der Waals surface area contributed by atoms with E-state index in [4.69, 9.17) is 10.5 Å². The van der Waals surface area contributed by atoms with E-state index in [9.17, 15) is 22.8 Å². The average Bonchev–Trinajstić information content (AvgIpc) is 2.70. The zero-order chi connectivity index (χ0) is 22.9. The minimum absolute atomic E-state index is 0.0465. The van der Waals surface area contributed by atoms with Gasteiger partial charge in [-0.15, -0.1) is 0 Å². The normalized spacial score (nSPS) is 10.7. The molecule has 0 aliphatic rings. The third-order valence-corrected chi connectivity index (χ3v) is 5.90. The van der Waals surface area contributed by atoms with Gasteiger partial charge in [-0.3, -0.25) is 4.72 Å². The van der Waals surface area contributed by atoms with Gasteiger partial charge in [0.1, 0.15) is 0 Å². The number of carbonyl (C=O) groups is 3. The van der Waals surface area contributed by atoms with Crippen molar-refractivity contribution in [2.24, 2.45) is 5.73 Å². The van der Waals surface area contributed by atoms with Gasteiger partial charge in [0.15, 0.2) is 0 Å². The summed E-state index contributed by atoms with van der Waals surface area (Å²) in [5, 5.41) is 2.38. The smallest absolute Gasteiger partial charge is 0.338 e. The van der Waals surface area contributed by atoms with Gasteiger partial charge in [-0.1, -0.05) is 23.8 Å². The highest BCUT2D eigenvalue weighted by molar-refractivity contribution is 7.97. The summed E-state index contributed by atoms with van der Waals surface area (Å²) < 4.78 is 33.9. The third-order valence-electron chi connectivity index (χ3n) is 3.71. The van der Waals surface area contributed by atoms with Crippen LogP contribution in [0.15, 0.2) is 53.4 Å². The lowest BCUT2D eigenvalue weighted by Crippen LogP contribution is -2.34. The summed E-state index contributed by atoms with van der Waals surface area (Å²) in [5.41, 5.74) is 6.20. The Morgan fingerprint density at radius 1 is 1.10 bits per heavy atom. The van der Waals surface area contributed by atoms with Gasteiger partial charge in [0.2, 0.25) is 0 Å². The van der Waals surface area contributed by atoms with Crippen LogP contribution in [0.4, 0.5) is 15.3 Å². The summed E-state index contributed by atoms with van der Waals surface area (Å²) in [6.07, 6.45) is 0.494. The van der Waals surface area contributed by atoms with E-state index in [0.717, 1.165) is 17.5 Å². The van der Waals surface area contributed by atoms with E-state index in [2.05, 4.69) is 10.0 Å². The van der Waals surface area contributed by atoms with Crippen LogP contribution in [-0.4, -0.2) is 38.8 Å². The van der Waals surface area contributed by atoms with Gasteiger partial charge in [-0.25, -0.2) is 27.5 Å². The Morgan fingerprint density at radius 3 is 2.48 bits per heavy atom. The summed E-state index contributed by atoms with van der Waals surface area (Å²) in [5.74, 6) is -0.0998. The number of ether oxygens (including phenoxy) is 1. The Balaban J connectivity index is 1.88. The summed E-state index contributed by atoms with van der Waals surface area (Å²) >= 11 is 1.10. The van der Waals surface area contributed by atoms with Crippen molar-refractivity contribution in [1.82, 2.24) is 9.44 Å². The molecule has 5 N–H and O–H groups in total. The molecule has 0 aliphatic carbocycles. The van der Waals surface area contributed by atoms with Crippen LogP contribution in [0.1, 0.15) is 22.3 Å². The van der Waals surface area contributed by atoms with Crippen LogP contribution in [-0.2, 0) is 14.8 Å². The maximum atomic E-state index is 12.3. The topological polar surface area (TPSA) is 157 Å².